The number of nitrogens with one attached hydrogen (secondary N) is 2. The van der Waals surface area contributed by atoms with Crippen LogP contribution in [0.1, 0.15) is 12.0 Å². The molecule has 2 N–H and O–H groups in total. The molecule has 1 aromatic carbocycles. The summed E-state index contributed by atoms with van der Waals surface area (Å²) >= 11 is 0. The van der Waals surface area contributed by atoms with Crippen molar-refractivity contribution >= 4 is 17.4 Å². The van der Waals surface area contributed by atoms with Crippen LogP contribution in [0.25, 0.3) is 0 Å². The molecule has 1 atom stereocenters. The summed E-state index contributed by atoms with van der Waals surface area (Å²) in [5.74, 6) is 1.04. The topological polar surface area (TPSA) is 88.6 Å². The van der Waals surface area contributed by atoms with Crippen LogP contribution in [0, 0.1) is 0 Å². The Kier molecular flexibility index (Phi) is 3.55. The number of carbonyl (C=O) groups is 1. The quantitative estimate of drug-likeness (QED) is 0.892. The summed E-state index contributed by atoms with van der Waals surface area (Å²) in [5, 5.41) is 13.1. The first-order chi connectivity index (χ1) is 10.3. The molecule has 1 aliphatic rings. The van der Waals surface area contributed by atoms with Crippen LogP contribution in [0.5, 0.6) is 5.75 Å². The number of anilines is 1. The Morgan fingerprint density at radius 2 is 2.19 bits per heavy atom. The molecule has 1 unspecified atom stereocenters. The lowest BCUT2D eigenvalue weighted by Gasteiger charge is -2.07. The third-order valence-corrected chi connectivity index (χ3v) is 3.14. The van der Waals surface area contributed by atoms with Gasteiger partial charge in [0.25, 0.3) is 5.91 Å². The van der Waals surface area contributed by atoms with Crippen LogP contribution in [-0.2, 0) is 9.63 Å². The molecule has 0 fully saturated rings. The number of hydrogen-bond donors (Lipinski definition) is 2. The second kappa shape index (κ2) is 5.66. The van der Waals surface area contributed by atoms with E-state index in [0.29, 0.717) is 12.2 Å². The van der Waals surface area contributed by atoms with Crippen molar-refractivity contribution < 1.29 is 14.4 Å². The number of aromatic nitrogens is 2. The Hall–Kier alpha value is -2.83. The minimum Gasteiger partial charge on any atom is -0.497 e. The van der Waals surface area contributed by atoms with E-state index in [1.807, 2.05) is 24.3 Å². The summed E-state index contributed by atoms with van der Waals surface area (Å²) in [6.07, 6.45) is 1.35. The highest BCUT2D eigenvalue weighted by molar-refractivity contribution is 6.05. The van der Waals surface area contributed by atoms with E-state index in [2.05, 4.69) is 20.7 Å². The lowest BCUT2D eigenvalue weighted by atomic mass is 10.0. The maximum absolute atomic E-state index is 12.0. The first-order valence-electron chi connectivity index (χ1n) is 6.43. The van der Waals surface area contributed by atoms with Crippen molar-refractivity contribution in [3.8, 4) is 5.75 Å². The van der Waals surface area contributed by atoms with Crippen molar-refractivity contribution in [3.05, 3.63) is 42.1 Å². The first kappa shape index (κ1) is 13.2. The van der Waals surface area contributed by atoms with E-state index in [4.69, 9.17) is 9.57 Å². The van der Waals surface area contributed by atoms with Gasteiger partial charge < -0.3 is 14.9 Å². The predicted octanol–water partition coefficient (Wildman–Crippen LogP) is 1.55. The van der Waals surface area contributed by atoms with Crippen LogP contribution in [0.4, 0.5) is 5.82 Å². The van der Waals surface area contributed by atoms with Crippen LogP contribution >= 0.6 is 0 Å². The second-order valence-electron chi connectivity index (χ2n) is 4.52. The zero-order valence-corrected chi connectivity index (χ0v) is 11.4. The number of carbonyl (C=O) groups excluding carboxylic acids is 1. The third kappa shape index (κ3) is 2.86. The van der Waals surface area contributed by atoms with Gasteiger partial charge in [0.2, 0.25) is 6.10 Å². The number of amides is 1. The van der Waals surface area contributed by atoms with E-state index >= 15 is 0 Å². The van der Waals surface area contributed by atoms with Crippen molar-refractivity contribution in [3.63, 3.8) is 0 Å². The molecule has 1 aromatic heterocycles. The molecule has 0 saturated heterocycles. The van der Waals surface area contributed by atoms with Gasteiger partial charge in [-0.25, -0.2) is 0 Å². The average molecular weight is 286 g/mol. The number of hydrogen-bond acceptors (Lipinski definition) is 5. The highest BCUT2D eigenvalue weighted by atomic mass is 16.6. The molecule has 1 aliphatic heterocycles. The molecular weight excluding hydrogens is 272 g/mol. The van der Waals surface area contributed by atoms with Gasteiger partial charge in [0.1, 0.15) is 11.6 Å². The summed E-state index contributed by atoms with van der Waals surface area (Å²) in [4.78, 5) is 17.2. The molecule has 1 amide bonds. The standard InChI is InChI=1S/C14H14N4O3/c1-20-10-4-2-9(3-5-10)11-8-12(21-18-11)14(19)16-13-6-7-15-17-13/h2-7,12H,8H2,1H3,(H2,15,16,17,19). The number of nitrogens with zero attached hydrogens (tertiary/aromatic N) is 2. The number of methoxy groups -OCH3 is 1. The monoisotopic (exact) mass is 286 g/mol. The molecule has 2 aromatic rings. The van der Waals surface area contributed by atoms with Crippen LogP contribution in [-0.4, -0.2) is 35.0 Å². The fourth-order valence-corrected chi connectivity index (χ4v) is 2.01. The fourth-order valence-electron chi connectivity index (χ4n) is 2.01. The average Bonchev–Trinajstić information content (AvgIpc) is 3.18. The highest BCUT2D eigenvalue weighted by Gasteiger charge is 2.29. The molecule has 0 bridgehead atoms. The fraction of sp³-hybridized carbons (Fsp3) is 0.214. The van der Waals surface area contributed by atoms with E-state index in [1.54, 1.807) is 19.4 Å². The van der Waals surface area contributed by atoms with Gasteiger partial charge in [0.05, 0.1) is 19.0 Å². The van der Waals surface area contributed by atoms with E-state index in [1.165, 1.54) is 0 Å². The third-order valence-electron chi connectivity index (χ3n) is 3.14. The van der Waals surface area contributed by atoms with Crippen molar-refractivity contribution in [1.82, 2.24) is 10.2 Å². The normalized spacial score (nSPS) is 17.0. The van der Waals surface area contributed by atoms with Gasteiger partial charge in [-0.05, 0) is 29.8 Å². The maximum Gasteiger partial charge on any atom is 0.269 e. The predicted molar refractivity (Wildman–Crippen MR) is 76.2 cm³/mol. The smallest absolute Gasteiger partial charge is 0.269 e. The number of oxime groups is 1. The molecule has 7 heteroatoms. The summed E-state index contributed by atoms with van der Waals surface area (Å²) in [5.41, 5.74) is 1.65. The van der Waals surface area contributed by atoms with Gasteiger partial charge in [-0.3, -0.25) is 9.89 Å². The Morgan fingerprint density at radius 1 is 1.38 bits per heavy atom. The van der Waals surface area contributed by atoms with E-state index < -0.39 is 6.10 Å². The van der Waals surface area contributed by atoms with Crippen LogP contribution in [0.3, 0.4) is 0 Å². The number of aromatic amines is 1. The molecular formula is C14H14N4O3. The molecule has 108 valence electrons. The lowest BCUT2D eigenvalue weighted by Crippen LogP contribution is -2.28. The largest absolute Gasteiger partial charge is 0.497 e. The van der Waals surface area contributed by atoms with Gasteiger partial charge >= 0.3 is 0 Å². The van der Waals surface area contributed by atoms with Crippen molar-refractivity contribution in [2.45, 2.75) is 12.5 Å². The number of ether oxygens (including phenoxy) is 1. The van der Waals surface area contributed by atoms with Gasteiger partial charge in [-0.15, -0.1) is 0 Å². The van der Waals surface area contributed by atoms with Crippen LogP contribution in [0.15, 0.2) is 41.7 Å². The highest BCUT2D eigenvalue weighted by Crippen LogP contribution is 2.20. The Balaban J connectivity index is 1.62. The summed E-state index contributed by atoms with van der Waals surface area (Å²) in [7, 11) is 1.61. The van der Waals surface area contributed by atoms with E-state index in [0.717, 1.165) is 17.0 Å². The zero-order chi connectivity index (χ0) is 14.7. The van der Waals surface area contributed by atoms with Crippen molar-refractivity contribution in [1.29, 1.82) is 0 Å². The zero-order valence-electron chi connectivity index (χ0n) is 11.4. The van der Waals surface area contributed by atoms with Crippen molar-refractivity contribution in [2.75, 3.05) is 12.4 Å². The van der Waals surface area contributed by atoms with Gasteiger partial charge in [-0.1, -0.05) is 5.16 Å². The summed E-state index contributed by atoms with van der Waals surface area (Å²) < 4.78 is 5.11. The maximum atomic E-state index is 12.0. The van der Waals surface area contributed by atoms with E-state index in [-0.39, 0.29) is 5.91 Å². The van der Waals surface area contributed by atoms with Gasteiger partial charge in [0, 0.05) is 12.5 Å². The first-order valence-corrected chi connectivity index (χ1v) is 6.43. The SMILES string of the molecule is COc1ccc(C2=NOC(C(=O)Nc3ccn[nH]3)C2)cc1. The molecule has 21 heavy (non-hydrogen) atoms. The minimum atomic E-state index is -0.634. The van der Waals surface area contributed by atoms with E-state index in [9.17, 15) is 4.79 Å². The Bertz CT molecular complexity index is 649. The van der Waals surface area contributed by atoms with Crippen LogP contribution < -0.4 is 10.1 Å². The minimum absolute atomic E-state index is 0.258. The molecule has 2 heterocycles. The van der Waals surface area contributed by atoms with Crippen molar-refractivity contribution in [2.24, 2.45) is 5.16 Å². The Morgan fingerprint density at radius 3 is 2.86 bits per heavy atom. The summed E-state index contributed by atoms with van der Waals surface area (Å²) in [6, 6.07) is 9.12. The number of rotatable bonds is 4. The number of H-pyrrole nitrogens is 1. The van der Waals surface area contributed by atoms with Gasteiger partial charge in [0.15, 0.2) is 0 Å². The molecule has 3 rings (SSSR count). The van der Waals surface area contributed by atoms with Gasteiger partial charge in [-0.2, -0.15) is 5.10 Å². The Labute approximate surface area is 120 Å². The summed E-state index contributed by atoms with van der Waals surface area (Å²) in [6.45, 7) is 0. The lowest BCUT2D eigenvalue weighted by molar-refractivity contribution is -0.125. The molecule has 0 spiro atoms. The molecule has 0 radical (unpaired) electrons. The van der Waals surface area contributed by atoms with Crippen LogP contribution in [0.2, 0.25) is 0 Å². The second-order valence-corrected chi connectivity index (χ2v) is 4.52. The molecule has 0 aliphatic carbocycles. The molecule has 7 nitrogen and oxygen atoms in total. The number of benzene rings is 1. The molecule has 0 saturated carbocycles.